The Morgan fingerprint density at radius 3 is 2.32 bits per heavy atom. The van der Waals surface area contributed by atoms with Gasteiger partial charge in [-0.3, -0.25) is 0 Å². The minimum absolute atomic E-state index is 0.0836. The zero-order valence-corrected chi connectivity index (χ0v) is 15.3. The largest absolute Gasteiger partial charge is 0.573 e. The number of hydrogen-bond acceptors (Lipinski definition) is 5. The summed E-state index contributed by atoms with van der Waals surface area (Å²) in [6.07, 6.45) is -4.36. The van der Waals surface area contributed by atoms with Crippen molar-refractivity contribution in [1.29, 1.82) is 0 Å². The monoisotopic (exact) mass is 445 g/mol. The lowest BCUT2D eigenvalue weighted by Crippen LogP contribution is -2.47. The van der Waals surface area contributed by atoms with Crippen LogP contribution < -0.4 is 4.74 Å². The number of benzene rings is 1. The number of nitrogens with zero attached hydrogens (tertiary/aromatic N) is 1. The molecule has 25 heavy (non-hydrogen) atoms. The van der Waals surface area contributed by atoms with E-state index in [-0.39, 0.29) is 13.1 Å². The third-order valence-electron chi connectivity index (χ3n) is 4.05. The molecule has 1 aromatic rings. The van der Waals surface area contributed by atoms with Crippen LogP contribution in [0.5, 0.6) is 5.75 Å². The maximum atomic E-state index is 12.8. The van der Waals surface area contributed by atoms with E-state index in [0.717, 1.165) is 16.4 Å². The number of halogens is 4. The van der Waals surface area contributed by atoms with Gasteiger partial charge in [0.05, 0.1) is 13.2 Å². The molecule has 0 saturated carbocycles. The second kappa shape index (κ2) is 6.69. The highest BCUT2D eigenvalue weighted by Crippen LogP contribution is 2.37. The molecule has 0 N–H and O–H groups in total. The zero-order valence-electron chi connectivity index (χ0n) is 12.9. The van der Waals surface area contributed by atoms with Crippen molar-refractivity contribution in [3.8, 4) is 5.75 Å². The molecule has 0 unspecified atom stereocenters. The summed E-state index contributed by atoms with van der Waals surface area (Å²) in [5, 5.41) is 0. The molecule has 0 radical (unpaired) electrons. The summed E-state index contributed by atoms with van der Waals surface area (Å²) in [5.41, 5.74) is 0. The lowest BCUT2D eigenvalue weighted by atomic mass is 10.1. The molecule has 0 aromatic heterocycles. The molecule has 0 atom stereocenters. The zero-order chi connectivity index (χ0) is 18.3. The molecular weight excluding hydrogens is 431 g/mol. The molecule has 1 spiro atoms. The van der Waals surface area contributed by atoms with Crippen LogP contribution in [0.3, 0.4) is 0 Å². The van der Waals surface area contributed by atoms with Gasteiger partial charge in [0.2, 0.25) is 10.0 Å². The normalized spacial score (nSPS) is 21.6. The van der Waals surface area contributed by atoms with Crippen molar-refractivity contribution < 1.29 is 35.8 Å². The minimum Gasteiger partial charge on any atom is -0.404 e. The summed E-state index contributed by atoms with van der Waals surface area (Å²) < 4.78 is 79.8. The SMILES string of the molecule is O=S(=O)(c1cc(Br)ccc1OC(F)(F)F)N1CCC2(CC1)OCCO2. The Balaban J connectivity index is 1.86. The maximum Gasteiger partial charge on any atom is 0.573 e. The van der Waals surface area contributed by atoms with Crippen molar-refractivity contribution in [2.45, 2.75) is 29.9 Å². The van der Waals surface area contributed by atoms with Gasteiger partial charge in [0.25, 0.3) is 0 Å². The highest BCUT2D eigenvalue weighted by molar-refractivity contribution is 9.10. The number of hydrogen-bond donors (Lipinski definition) is 0. The number of ether oxygens (including phenoxy) is 3. The first-order valence-corrected chi connectivity index (χ1v) is 9.68. The highest BCUT2D eigenvalue weighted by atomic mass is 79.9. The standard InChI is InChI=1S/C14H15BrF3NO5S/c15-10-1-2-11(24-14(16,17)18)12(9-10)25(20,21)19-5-3-13(4-6-19)22-7-8-23-13/h1-2,9H,3-8H2. The molecular formula is C14H15BrF3NO5S. The average molecular weight is 446 g/mol. The van der Waals surface area contributed by atoms with E-state index in [1.54, 1.807) is 0 Å². The highest BCUT2D eigenvalue weighted by Gasteiger charge is 2.43. The third kappa shape index (κ3) is 4.11. The fourth-order valence-electron chi connectivity index (χ4n) is 2.88. The second-order valence-corrected chi connectivity index (χ2v) is 8.47. The molecule has 11 heteroatoms. The molecule has 0 bridgehead atoms. The van der Waals surface area contributed by atoms with E-state index in [2.05, 4.69) is 20.7 Å². The van der Waals surface area contributed by atoms with Crippen LogP contribution in [-0.2, 0) is 19.5 Å². The molecule has 6 nitrogen and oxygen atoms in total. The number of piperidine rings is 1. The molecule has 1 aromatic carbocycles. The summed E-state index contributed by atoms with van der Waals surface area (Å²) >= 11 is 3.08. The lowest BCUT2D eigenvalue weighted by Gasteiger charge is -2.37. The van der Waals surface area contributed by atoms with Gasteiger partial charge in [0, 0.05) is 30.4 Å². The van der Waals surface area contributed by atoms with E-state index < -0.39 is 32.8 Å². The van der Waals surface area contributed by atoms with Crippen LogP contribution >= 0.6 is 15.9 Å². The van der Waals surface area contributed by atoms with E-state index in [1.165, 1.54) is 6.07 Å². The number of rotatable bonds is 3. The van der Waals surface area contributed by atoms with Gasteiger partial charge in [-0.1, -0.05) is 15.9 Å². The van der Waals surface area contributed by atoms with Crippen LogP contribution in [0.25, 0.3) is 0 Å². The fourth-order valence-corrected chi connectivity index (χ4v) is 4.98. The van der Waals surface area contributed by atoms with Crippen molar-refractivity contribution in [2.75, 3.05) is 26.3 Å². The van der Waals surface area contributed by atoms with Crippen molar-refractivity contribution in [3.05, 3.63) is 22.7 Å². The maximum absolute atomic E-state index is 12.8. The van der Waals surface area contributed by atoms with Gasteiger partial charge in [0.1, 0.15) is 10.6 Å². The number of alkyl halides is 3. The van der Waals surface area contributed by atoms with E-state index in [4.69, 9.17) is 9.47 Å². The Labute approximate surface area is 151 Å². The Morgan fingerprint density at radius 1 is 1.16 bits per heavy atom. The first-order valence-electron chi connectivity index (χ1n) is 7.45. The molecule has 140 valence electrons. The molecule has 2 heterocycles. The van der Waals surface area contributed by atoms with Crippen molar-refractivity contribution >= 4 is 26.0 Å². The topological polar surface area (TPSA) is 65.1 Å². The van der Waals surface area contributed by atoms with E-state index in [9.17, 15) is 21.6 Å². The van der Waals surface area contributed by atoms with Gasteiger partial charge in [-0.05, 0) is 18.2 Å². The minimum atomic E-state index is -4.99. The molecule has 2 saturated heterocycles. The van der Waals surface area contributed by atoms with E-state index in [0.29, 0.717) is 30.5 Å². The van der Waals surface area contributed by atoms with Crippen LogP contribution in [0.15, 0.2) is 27.6 Å². The van der Waals surface area contributed by atoms with E-state index >= 15 is 0 Å². The van der Waals surface area contributed by atoms with Gasteiger partial charge in [0.15, 0.2) is 5.79 Å². The predicted octanol–water partition coefficient (Wildman–Crippen LogP) is 2.88. The quantitative estimate of drug-likeness (QED) is 0.715. The summed E-state index contributed by atoms with van der Waals surface area (Å²) in [6, 6.07) is 3.36. The van der Waals surface area contributed by atoms with Crippen molar-refractivity contribution in [2.24, 2.45) is 0 Å². The number of sulfonamides is 1. The second-order valence-electron chi connectivity index (χ2n) is 5.65. The summed E-state index contributed by atoms with van der Waals surface area (Å²) in [7, 11) is -4.17. The molecule has 2 aliphatic heterocycles. The summed E-state index contributed by atoms with van der Waals surface area (Å²) in [4.78, 5) is -0.539. The third-order valence-corrected chi connectivity index (χ3v) is 6.46. The predicted molar refractivity (Wildman–Crippen MR) is 83.5 cm³/mol. The summed E-state index contributed by atoms with van der Waals surface area (Å²) in [5.74, 6) is -1.54. The van der Waals surface area contributed by atoms with Gasteiger partial charge < -0.3 is 14.2 Å². The first kappa shape index (κ1) is 18.9. The summed E-state index contributed by atoms with van der Waals surface area (Å²) in [6.45, 7) is 1.06. The van der Waals surface area contributed by atoms with Crippen LogP contribution in [-0.4, -0.2) is 51.2 Å². The molecule has 2 aliphatic rings. The molecule has 3 rings (SSSR count). The van der Waals surface area contributed by atoms with Crippen LogP contribution in [0, 0.1) is 0 Å². The fraction of sp³-hybridized carbons (Fsp3) is 0.571. The first-order chi connectivity index (χ1) is 11.6. The Kier molecular flexibility index (Phi) is 5.06. The molecule has 0 amide bonds. The molecule has 2 fully saturated rings. The Bertz CT molecular complexity index is 739. The van der Waals surface area contributed by atoms with Gasteiger partial charge >= 0.3 is 6.36 Å². The smallest absolute Gasteiger partial charge is 0.404 e. The Morgan fingerprint density at radius 2 is 1.76 bits per heavy atom. The average Bonchev–Trinajstić information content (AvgIpc) is 2.96. The van der Waals surface area contributed by atoms with Crippen LogP contribution in [0.1, 0.15) is 12.8 Å². The molecule has 0 aliphatic carbocycles. The van der Waals surface area contributed by atoms with Gasteiger partial charge in [-0.25, -0.2) is 8.42 Å². The van der Waals surface area contributed by atoms with Gasteiger partial charge in [-0.2, -0.15) is 4.31 Å². The lowest BCUT2D eigenvalue weighted by molar-refractivity contribution is -0.275. The van der Waals surface area contributed by atoms with Gasteiger partial charge in [-0.15, -0.1) is 13.2 Å². The van der Waals surface area contributed by atoms with Crippen molar-refractivity contribution in [1.82, 2.24) is 4.31 Å². The van der Waals surface area contributed by atoms with Crippen LogP contribution in [0.4, 0.5) is 13.2 Å². The van der Waals surface area contributed by atoms with Crippen LogP contribution in [0.2, 0.25) is 0 Å². The Hall–Kier alpha value is -0.880. The van der Waals surface area contributed by atoms with Crippen molar-refractivity contribution in [3.63, 3.8) is 0 Å². The van der Waals surface area contributed by atoms with E-state index in [1.807, 2.05) is 0 Å².